The summed E-state index contributed by atoms with van der Waals surface area (Å²) in [7, 11) is 0. The number of rotatable bonds is 7. The van der Waals surface area contributed by atoms with Crippen LogP contribution in [0.5, 0.6) is 0 Å². The van der Waals surface area contributed by atoms with E-state index in [0.29, 0.717) is 11.6 Å². The van der Waals surface area contributed by atoms with Crippen molar-refractivity contribution >= 4 is 40.7 Å². The first-order valence-corrected chi connectivity index (χ1v) is 10.9. The number of hydrogen-bond donors (Lipinski definition) is 2. The van der Waals surface area contributed by atoms with Gasteiger partial charge in [0.15, 0.2) is 5.82 Å². The largest absolute Gasteiger partial charge is 0.378 e. The predicted octanol–water partition coefficient (Wildman–Crippen LogP) is 4.47. The number of carbonyl (C=O) groups excluding carboxylic acids is 1. The number of nitrogens with zero attached hydrogens (tertiary/aromatic N) is 3. The second kappa shape index (κ2) is 10.3. The molecule has 0 bridgehead atoms. The van der Waals surface area contributed by atoms with Crippen molar-refractivity contribution in [1.82, 2.24) is 9.97 Å². The predicted molar refractivity (Wildman–Crippen MR) is 124 cm³/mol. The van der Waals surface area contributed by atoms with E-state index in [1.54, 1.807) is 24.3 Å². The number of carbonyl (C=O) groups is 1. The quantitative estimate of drug-likeness (QED) is 0.405. The van der Waals surface area contributed by atoms with Crippen LogP contribution >= 0.6 is 11.8 Å². The topological polar surface area (TPSA) is 79.4 Å². The molecule has 164 valence electrons. The first-order valence-electron chi connectivity index (χ1n) is 10.0. The maximum Gasteiger partial charge on any atom is 0.247 e. The van der Waals surface area contributed by atoms with Gasteiger partial charge in [-0.15, -0.1) is 0 Å². The number of nitrogens with one attached hydrogen (secondary N) is 2. The summed E-state index contributed by atoms with van der Waals surface area (Å²) in [6.45, 7) is 6.63. The van der Waals surface area contributed by atoms with Crippen molar-refractivity contribution in [3.05, 3.63) is 73.2 Å². The zero-order valence-electron chi connectivity index (χ0n) is 17.3. The van der Waals surface area contributed by atoms with E-state index < -0.39 is 5.82 Å². The molecule has 0 spiro atoms. The highest BCUT2D eigenvalue weighted by molar-refractivity contribution is 7.99. The molecule has 7 nitrogen and oxygen atoms in total. The van der Waals surface area contributed by atoms with Crippen LogP contribution in [-0.4, -0.2) is 42.2 Å². The van der Waals surface area contributed by atoms with Gasteiger partial charge in [-0.25, -0.2) is 14.4 Å². The fourth-order valence-corrected chi connectivity index (χ4v) is 3.88. The molecule has 32 heavy (non-hydrogen) atoms. The number of amides is 1. The normalized spacial score (nSPS) is 13.5. The molecule has 3 aromatic rings. The summed E-state index contributed by atoms with van der Waals surface area (Å²) in [5.74, 6) is -0.490. The van der Waals surface area contributed by atoms with Crippen LogP contribution in [0.15, 0.2) is 77.3 Å². The fourth-order valence-electron chi connectivity index (χ4n) is 3.10. The highest BCUT2D eigenvalue weighted by Crippen LogP contribution is 2.30. The van der Waals surface area contributed by atoms with Gasteiger partial charge in [-0.1, -0.05) is 18.3 Å². The monoisotopic (exact) mass is 451 g/mol. The molecule has 9 heteroatoms. The molecule has 0 aliphatic carbocycles. The number of benzene rings is 2. The Bertz CT molecular complexity index is 1090. The van der Waals surface area contributed by atoms with Crippen LogP contribution in [0.1, 0.15) is 0 Å². The van der Waals surface area contributed by atoms with Crippen molar-refractivity contribution in [1.29, 1.82) is 0 Å². The molecule has 2 aromatic carbocycles. The van der Waals surface area contributed by atoms with Gasteiger partial charge in [-0.2, -0.15) is 0 Å². The van der Waals surface area contributed by atoms with Crippen LogP contribution in [-0.2, 0) is 9.53 Å². The second-order valence-electron chi connectivity index (χ2n) is 6.94. The van der Waals surface area contributed by atoms with E-state index in [4.69, 9.17) is 4.74 Å². The smallest absolute Gasteiger partial charge is 0.247 e. The molecule has 0 radical (unpaired) electrons. The maximum absolute atomic E-state index is 14.3. The summed E-state index contributed by atoms with van der Waals surface area (Å²) in [6, 6.07) is 15.0. The van der Waals surface area contributed by atoms with E-state index in [1.807, 2.05) is 24.3 Å². The molecule has 0 saturated carbocycles. The third kappa shape index (κ3) is 5.63. The Kier molecular flexibility index (Phi) is 6.98. The molecule has 4 rings (SSSR count). The van der Waals surface area contributed by atoms with Crippen LogP contribution in [0.2, 0.25) is 0 Å². The van der Waals surface area contributed by atoms with Crippen LogP contribution in [0.4, 0.5) is 27.4 Å². The SMILES string of the molecule is C=CC(=O)Nc1ccc(Sc2nc(Nc3ccc(N4CCOCC4)cc3)ncc2F)cc1. The molecular weight excluding hydrogens is 429 g/mol. The molecular formula is C23H22FN5O2S. The minimum atomic E-state index is -0.507. The molecule has 0 atom stereocenters. The van der Waals surface area contributed by atoms with E-state index in [-0.39, 0.29) is 10.9 Å². The number of aromatic nitrogens is 2. The molecule has 2 heterocycles. The molecule has 1 aliphatic rings. The number of anilines is 4. The van der Waals surface area contributed by atoms with Gasteiger partial charge < -0.3 is 20.3 Å². The van der Waals surface area contributed by atoms with E-state index in [0.717, 1.165) is 48.8 Å². The molecule has 0 unspecified atom stereocenters. The Balaban J connectivity index is 1.42. The third-order valence-corrected chi connectivity index (χ3v) is 5.72. The Labute approximate surface area is 189 Å². The van der Waals surface area contributed by atoms with Gasteiger partial charge in [0.25, 0.3) is 0 Å². The van der Waals surface area contributed by atoms with Gasteiger partial charge >= 0.3 is 0 Å². The molecule has 1 aromatic heterocycles. The first kappa shape index (κ1) is 21.8. The average Bonchev–Trinajstić information content (AvgIpc) is 2.83. The van der Waals surface area contributed by atoms with E-state index in [9.17, 15) is 9.18 Å². The second-order valence-corrected chi connectivity index (χ2v) is 8.00. The van der Waals surface area contributed by atoms with Gasteiger partial charge in [0.05, 0.1) is 19.4 Å². The van der Waals surface area contributed by atoms with Crippen LogP contribution < -0.4 is 15.5 Å². The first-order chi connectivity index (χ1) is 15.6. The Morgan fingerprint density at radius 3 is 2.47 bits per heavy atom. The van der Waals surface area contributed by atoms with Crippen LogP contribution in [0.3, 0.4) is 0 Å². The van der Waals surface area contributed by atoms with Crippen LogP contribution in [0, 0.1) is 5.82 Å². The standard InChI is InChI=1S/C23H22FN5O2S/c1-2-21(30)26-16-5-9-19(10-6-16)32-22-20(24)15-25-23(28-22)27-17-3-7-18(8-4-17)29-11-13-31-14-12-29/h2-10,15H,1,11-14H2,(H,26,30)(H,25,27,28). The summed E-state index contributed by atoms with van der Waals surface area (Å²) >= 11 is 1.18. The summed E-state index contributed by atoms with van der Waals surface area (Å²) in [5, 5.41) is 6.00. The van der Waals surface area contributed by atoms with E-state index in [1.165, 1.54) is 17.8 Å². The van der Waals surface area contributed by atoms with Crippen LogP contribution in [0.25, 0.3) is 0 Å². The average molecular weight is 452 g/mol. The summed E-state index contributed by atoms with van der Waals surface area (Å²) < 4.78 is 19.7. The van der Waals surface area contributed by atoms with Gasteiger partial charge in [-0.3, -0.25) is 4.79 Å². The minimum absolute atomic E-state index is 0.204. The summed E-state index contributed by atoms with van der Waals surface area (Å²) in [4.78, 5) is 22.8. The molecule has 1 amide bonds. The fraction of sp³-hybridized carbons (Fsp3) is 0.174. The van der Waals surface area contributed by atoms with Crippen molar-refractivity contribution in [2.24, 2.45) is 0 Å². The van der Waals surface area contributed by atoms with Gasteiger partial charge in [0, 0.05) is 35.0 Å². The zero-order chi connectivity index (χ0) is 22.3. The molecule has 1 aliphatic heterocycles. The lowest BCUT2D eigenvalue weighted by molar-refractivity contribution is -0.111. The Morgan fingerprint density at radius 1 is 1.09 bits per heavy atom. The van der Waals surface area contributed by atoms with Gasteiger partial charge in [-0.05, 0) is 54.6 Å². The lowest BCUT2D eigenvalue weighted by atomic mass is 10.2. The zero-order valence-corrected chi connectivity index (χ0v) is 18.1. The number of morpholine rings is 1. The molecule has 1 fully saturated rings. The highest BCUT2D eigenvalue weighted by Gasteiger charge is 2.12. The van der Waals surface area contributed by atoms with Crippen molar-refractivity contribution in [3.63, 3.8) is 0 Å². The number of hydrogen-bond acceptors (Lipinski definition) is 7. The lowest BCUT2D eigenvalue weighted by Crippen LogP contribution is -2.36. The maximum atomic E-state index is 14.3. The van der Waals surface area contributed by atoms with Crippen molar-refractivity contribution < 1.29 is 13.9 Å². The van der Waals surface area contributed by atoms with Crippen molar-refractivity contribution in [2.75, 3.05) is 41.8 Å². The molecule has 1 saturated heterocycles. The summed E-state index contributed by atoms with van der Waals surface area (Å²) in [6.07, 6.45) is 2.35. The lowest BCUT2D eigenvalue weighted by Gasteiger charge is -2.28. The van der Waals surface area contributed by atoms with E-state index in [2.05, 4.69) is 32.1 Å². The van der Waals surface area contributed by atoms with Crippen molar-refractivity contribution in [2.45, 2.75) is 9.92 Å². The molecule has 2 N–H and O–H groups in total. The van der Waals surface area contributed by atoms with Gasteiger partial charge in [0.1, 0.15) is 5.03 Å². The summed E-state index contributed by atoms with van der Waals surface area (Å²) in [5.41, 5.74) is 2.57. The Hall–Kier alpha value is -3.43. The minimum Gasteiger partial charge on any atom is -0.378 e. The highest BCUT2D eigenvalue weighted by atomic mass is 32.2. The third-order valence-electron chi connectivity index (χ3n) is 4.73. The number of ether oxygens (including phenoxy) is 1. The Morgan fingerprint density at radius 2 is 1.78 bits per heavy atom. The van der Waals surface area contributed by atoms with E-state index >= 15 is 0 Å². The van der Waals surface area contributed by atoms with Gasteiger partial charge in [0.2, 0.25) is 11.9 Å². The van der Waals surface area contributed by atoms with Crippen molar-refractivity contribution in [3.8, 4) is 0 Å². The number of halogens is 1.